The predicted octanol–water partition coefficient (Wildman–Crippen LogP) is 3.25. The van der Waals surface area contributed by atoms with Gasteiger partial charge in [-0.15, -0.1) is 0 Å². The Morgan fingerprint density at radius 2 is 1.95 bits per heavy atom. The molecular formula is C16H17ClN2O2. The summed E-state index contributed by atoms with van der Waals surface area (Å²) in [5.74, 6) is 0.396. The van der Waals surface area contributed by atoms with E-state index in [9.17, 15) is 4.79 Å². The van der Waals surface area contributed by atoms with Crippen LogP contribution in [-0.2, 0) is 6.54 Å². The number of ether oxygens (including phenoxy) is 1. The fraction of sp³-hybridized carbons (Fsp3) is 0.188. The number of nitrogens with one attached hydrogen (secondary N) is 1. The highest BCUT2D eigenvalue weighted by atomic mass is 35.5. The molecule has 0 atom stereocenters. The molecule has 1 amide bonds. The molecule has 0 saturated heterocycles. The molecule has 21 heavy (non-hydrogen) atoms. The second kappa shape index (κ2) is 6.99. The first-order valence-electron chi connectivity index (χ1n) is 6.64. The van der Waals surface area contributed by atoms with Gasteiger partial charge in [0.25, 0.3) is 5.91 Å². The Labute approximate surface area is 128 Å². The van der Waals surface area contributed by atoms with Crippen LogP contribution in [0.15, 0.2) is 42.5 Å². The van der Waals surface area contributed by atoms with Crippen LogP contribution in [0.25, 0.3) is 0 Å². The molecule has 0 heterocycles. The van der Waals surface area contributed by atoms with Crippen molar-refractivity contribution in [3.63, 3.8) is 0 Å². The van der Waals surface area contributed by atoms with Crippen molar-refractivity contribution < 1.29 is 9.53 Å². The molecule has 0 aliphatic carbocycles. The average molecular weight is 305 g/mol. The molecule has 3 N–H and O–H groups in total. The Morgan fingerprint density at radius 1 is 1.24 bits per heavy atom. The average Bonchev–Trinajstić information content (AvgIpc) is 2.46. The minimum atomic E-state index is -0.196. The molecule has 0 aliphatic rings. The van der Waals surface area contributed by atoms with Crippen molar-refractivity contribution in [1.82, 2.24) is 5.32 Å². The molecule has 0 fully saturated rings. The monoisotopic (exact) mass is 304 g/mol. The van der Waals surface area contributed by atoms with Crippen molar-refractivity contribution in [2.45, 2.75) is 13.5 Å². The van der Waals surface area contributed by atoms with Crippen LogP contribution in [0.4, 0.5) is 5.69 Å². The molecule has 0 bridgehead atoms. The van der Waals surface area contributed by atoms with Gasteiger partial charge in [-0.2, -0.15) is 0 Å². The van der Waals surface area contributed by atoms with E-state index in [1.165, 1.54) is 0 Å². The zero-order valence-electron chi connectivity index (χ0n) is 11.7. The van der Waals surface area contributed by atoms with Crippen LogP contribution >= 0.6 is 11.6 Å². The first kappa shape index (κ1) is 15.2. The third-order valence-corrected chi connectivity index (χ3v) is 3.12. The van der Waals surface area contributed by atoms with Gasteiger partial charge in [0.05, 0.1) is 6.61 Å². The topological polar surface area (TPSA) is 64.3 Å². The summed E-state index contributed by atoms with van der Waals surface area (Å²) in [4.78, 5) is 12.1. The van der Waals surface area contributed by atoms with Crippen LogP contribution in [0.5, 0.6) is 5.75 Å². The second-order valence-electron chi connectivity index (χ2n) is 4.53. The maximum absolute atomic E-state index is 12.1. The smallest absolute Gasteiger partial charge is 0.251 e. The number of amides is 1. The summed E-state index contributed by atoms with van der Waals surface area (Å²) < 4.78 is 5.38. The van der Waals surface area contributed by atoms with Gasteiger partial charge < -0.3 is 15.8 Å². The van der Waals surface area contributed by atoms with E-state index in [2.05, 4.69) is 5.32 Å². The van der Waals surface area contributed by atoms with Crippen LogP contribution in [-0.4, -0.2) is 12.5 Å². The van der Waals surface area contributed by atoms with E-state index in [-0.39, 0.29) is 5.91 Å². The van der Waals surface area contributed by atoms with Crippen LogP contribution in [0.3, 0.4) is 0 Å². The molecule has 5 heteroatoms. The first-order chi connectivity index (χ1) is 10.1. The Hall–Kier alpha value is -2.20. The van der Waals surface area contributed by atoms with Gasteiger partial charge in [-0.1, -0.05) is 23.7 Å². The highest BCUT2D eigenvalue weighted by molar-refractivity contribution is 6.30. The summed E-state index contributed by atoms with van der Waals surface area (Å²) in [6.45, 7) is 2.83. The second-order valence-corrected chi connectivity index (χ2v) is 4.97. The summed E-state index contributed by atoms with van der Waals surface area (Å²) >= 11 is 5.82. The number of hydrogen-bond acceptors (Lipinski definition) is 3. The van der Waals surface area contributed by atoms with Gasteiger partial charge in [-0.3, -0.25) is 4.79 Å². The van der Waals surface area contributed by atoms with E-state index in [4.69, 9.17) is 22.1 Å². The lowest BCUT2D eigenvalue weighted by molar-refractivity contribution is 0.0950. The number of rotatable bonds is 5. The van der Waals surface area contributed by atoms with E-state index < -0.39 is 0 Å². The number of carbonyl (C=O) groups is 1. The zero-order chi connectivity index (χ0) is 15.2. The van der Waals surface area contributed by atoms with Crippen molar-refractivity contribution in [1.29, 1.82) is 0 Å². The fourth-order valence-corrected chi connectivity index (χ4v) is 2.02. The maximum Gasteiger partial charge on any atom is 0.251 e. The van der Waals surface area contributed by atoms with Gasteiger partial charge in [0, 0.05) is 28.9 Å². The molecule has 0 aromatic heterocycles. The quantitative estimate of drug-likeness (QED) is 0.833. The highest BCUT2D eigenvalue weighted by Gasteiger charge is 2.08. The van der Waals surface area contributed by atoms with Crippen molar-refractivity contribution >= 4 is 23.2 Å². The van der Waals surface area contributed by atoms with E-state index in [1.54, 1.807) is 30.3 Å². The van der Waals surface area contributed by atoms with E-state index in [0.29, 0.717) is 35.2 Å². The van der Waals surface area contributed by atoms with Crippen LogP contribution in [0.2, 0.25) is 5.02 Å². The van der Waals surface area contributed by atoms with Gasteiger partial charge in [-0.25, -0.2) is 0 Å². The molecule has 2 rings (SSSR count). The number of nitrogen functional groups attached to an aromatic ring is 1. The number of halogens is 1. The van der Waals surface area contributed by atoms with Gasteiger partial charge >= 0.3 is 0 Å². The molecule has 0 unspecified atom stereocenters. The third-order valence-electron chi connectivity index (χ3n) is 2.87. The molecule has 110 valence electrons. The van der Waals surface area contributed by atoms with Gasteiger partial charge in [0.2, 0.25) is 0 Å². The SMILES string of the molecule is CCOc1cc(N)cc(C(=O)NCc2ccc(Cl)cc2)c1. The fourth-order valence-electron chi connectivity index (χ4n) is 1.89. The third kappa shape index (κ3) is 4.39. The molecule has 2 aromatic rings. The lowest BCUT2D eigenvalue weighted by Gasteiger charge is -2.09. The van der Waals surface area contributed by atoms with E-state index in [0.717, 1.165) is 5.56 Å². The van der Waals surface area contributed by atoms with Crippen molar-refractivity contribution in [3.05, 3.63) is 58.6 Å². The van der Waals surface area contributed by atoms with Crippen molar-refractivity contribution in [3.8, 4) is 5.75 Å². The largest absolute Gasteiger partial charge is 0.494 e. The standard InChI is InChI=1S/C16H17ClN2O2/c1-2-21-15-8-12(7-14(18)9-15)16(20)19-10-11-3-5-13(17)6-4-11/h3-9H,2,10,18H2,1H3,(H,19,20). The number of hydrogen-bond donors (Lipinski definition) is 2. The Bertz CT molecular complexity index is 627. The van der Waals surface area contributed by atoms with Gasteiger partial charge in [-0.05, 0) is 36.8 Å². The van der Waals surface area contributed by atoms with E-state index in [1.807, 2.05) is 19.1 Å². The van der Waals surface area contributed by atoms with Crippen LogP contribution in [0.1, 0.15) is 22.8 Å². The van der Waals surface area contributed by atoms with Gasteiger partial charge in [0.1, 0.15) is 5.75 Å². The Kier molecular flexibility index (Phi) is 5.06. The molecule has 0 radical (unpaired) electrons. The van der Waals surface area contributed by atoms with Crippen LogP contribution < -0.4 is 15.8 Å². The van der Waals surface area contributed by atoms with E-state index >= 15 is 0 Å². The van der Waals surface area contributed by atoms with Crippen molar-refractivity contribution in [2.24, 2.45) is 0 Å². The molecule has 2 aromatic carbocycles. The summed E-state index contributed by atoms with van der Waals surface area (Å²) in [7, 11) is 0. The molecule has 0 aliphatic heterocycles. The summed E-state index contributed by atoms with van der Waals surface area (Å²) in [6.07, 6.45) is 0. The Balaban J connectivity index is 2.04. The lowest BCUT2D eigenvalue weighted by atomic mass is 10.1. The summed E-state index contributed by atoms with van der Waals surface area (Å²) in [5, 5.41) is 3.51. The highest BCUT2D eigenvalue weighted by Crippen LogP contribution is 2.19. The molecule has 0 saturated carbocycles. The van der Waals surface area contributed by atoms with Crippen LogP contribution in [0, 0.1) is 0 Å². The predicted molar refractivity (Wildman–Crippen MR) is 84.6 cm³/mol. The number of benzene rings is 2. The lowest BCUT2D eigenvalue weighted by Crippen LogP contribution is -2.22. The maximum atomic E-state index is 12.1. The number of carbonyl (C=O) groups excluding carboxylic acids is 1. The minimum absolute atomic E-state index is 0.196. The normalized spacial score (nSPS) is 10.2. The Morgan fingerprint density at radius 3 is 2.62 bits per heavy atom. The zero-order valence-corrected chi connectivity index (χ0v) is 12.5. The van der Waals surface area contributed by atoms with Crippen molar-refractivity contribution in [2.75, 3.05) is 12.3 Å². The summed E-state index contributed by atoms with van der Waals surface area (Å²) in [5.41, 5.74) is 7.73. The number of anilines is 1. The molecule has 0 spiro atoms. The molecule has 4 nitrogen and oxygen atoms in total. The van der Waals surface area contributed by atoms with Gasteiger partial charge in [0.15, 0.2) is 0 Å². The summed E-state index contributed by atoms with van der Waals surface area (Å²) in [6, 6.07) is 12.3. The number of nitrogens with two attached hydrogens (primary N) is 1. The molecular weight excluding hydrogens is 288 g/mol. The first-order valence-corrected chi connectivity index (χ1v) is 7.02. The minimum Gasteiger partial charge on any atom is -0.494 e.